The van der Waals surface area contributed by atoms with Gasteiger partial charge in [-0.05, 0) is 10.8 Å². The molecular weight excluding hydrogens is 332 g/mol. The summed E-state index contributed by atoms with van der Waals surface area (Å²) < 4.78 is 4.75. The number of ether oxygens (including phenoxy) is 1. The van der Waals surface area contributed by atoms with Gasteiger partial charge in [0.25, 0.3) is 0 Å². The zero-order chi connectivity index (χ0) is 17.8. The Hall–Kier alpha value is -2.94. The Morgan fingerprint density at radius 2 is 2.00 bits per heavy atom. The molecule has 2 fully saturated rings. The van der Waals surface area contributed by atoms with Gasteiger partial charge < -0.3 is 14.9 Å². The van der Waals surface area contributed by atoms with Crippen molar-refractivity contribution in [2.75, 3.05) is 6.61 Å². The first kappa shape index (κ1) is 16.9. The number of esters is 1. The molecule has 1 aromatic rings. The lowest BCUT2D eigenvalue weighted by atomic mass is 10.1. The minimum Gasteiger partial charge on any atom is -0.450 e. The lowest BCUT2D eigenvalue weighted by Gasteiger charge is -2.15. The summed E-state index contributed by atoms with van der Waals surface area (Å²) in [5.74, 6) is -2.46. The zero-order valence-electron chi connectivity index (χ0n) is 13.2. The van der Waals surface area contributed by atoms with Crippen LogP contribution in [0.15, 0.2) is 30.3 Å². The molecule has 0 saturated carbocycles. The first-order valence-electron chi connectivity index (χ1n) is 7.74. The van der Waals surface area contributed by atoms with Crippen LogP contribution in [-0.2, 0) is 40.0 Å². The van der Waals surface area contributed by atoms with E-state index in [1.165, 1.54) is 0 Å². The van der Waals surface area contributed by atoms with Gasteiger partial charge in [-0.25, -0.2) is 9.63 Å². The molecule has 9 nitrogen and oxygen atoms in total. The zero-order valence-corrected chi connectivity index (χ0v) is 13.2. The maximum Gasteiger partial charge on any atom is 0.375 e. The lowest BCUT2D eigenvalue weighted by molar-refractivity contribution is -0.306. The number of hydrogen-bond acceptors (Lipinski definition) is 7. The molecule has 2 atom stereocenters. The van der Waals surface area contributed by atoms with E-state index >= 15 is 0 Å². The number of carbonyl (C=O) groups excluding carboxylic acids is 4. The summed E-state index contributed by atoms with van der Waals surface area (Å²) in [6.07, 6.45) is -0.623. The third-order valence-electron chi connectivity index (χ3n) is 3.70. The SMILES string of the molecule is O=C(Cc1ccccc1)N[C@@H]1CON(OC(=O)C2CCC(=O)O2)C1=O. The van der Waals surface area contributed by atoms with Crippen molar-refractivity contribution in [3.8, 4) is 0 Å². The average Bonchev–Trinajstić information content (AvgIpc) is 3.16. The summed E-state index contributed by atoms with van der Waals surface area (Å²) in [4.78, 5) is 56.6. The molecule has 0 aliphatic carbocycles. The molecule has 1 unspecified atom stereocenters. The van der Waals surface area contributed by atoms with E-state index in [1.54, 1.807) is 12.1 Å². The minimum absolute atomic E-state index is 0.114. The number of nitrogens with one attached hydrogen (secondary N) is 1. The van der Waals surface area contributed by atoms with Crippen molar-refractivity contribution in [2.45, 2.75) is 31.4 Å². The normalized spacial score (nSPS) is 22.6. The van der Waals surface area contributed by atoms with Crippen LogP contribution >= 0.6 is 0 Å². The molecule has 25 heavy (non-hydrogen) atoms. The Bertz CT molecular complexity index is 691. The van der Waals surface area contributed by atoms with Gasteiger partial charge in [0, 0.05) is 12.8 Å². The second-order valence-corrected chi connectivity index (χ2v) is 5.60. The number of benzene rings is 1. The maximum atomic E-state index is 12.1. The fourth-order valence-electron chi connectivity index (χ4n) is 2.44. The molecule has 9 heteroatoms. The third-order valence-corrected chi connectivity index (χ3v) is 3.70. The van der Waals surface area contributed by atoms with Crippen molar-refractivity contribution >= 4 is 23.8 Å². The number of cyclic esters (lactones) is 1. The van der Waals surface area contributed by atoms with Gasteiger partial charge in [-0.3, -0.25) is 14.4 Å². The Morgan fingerprint density at radius 3 is 2.68 bits per heavy atom. The van der Waals surface area contributed by atoms with Crippen molar-refractivity contribution in [1.82, 2.24) is 10.5 Å². The van der Waals surface area contributed by atoms with Gasteiger partial charge in [0.15, 0.2) is 0 Å². The summed E-state index contributed by atoms with van der Waals surface area (Å²) >= 11 is 0. The van der Waals surface area contributed by atoms with Crippen LogP contribution in [0.3, 0.4) is 0 Å². The average molecular weight is 348 g/mol. The molecule has 3 rings (SSSR count). The molecule has 0 spiro atoms. The van der Waals surface area contributed by atoms with Crippen LogP contribution in [0.4, 0.5) is 0 Å². The molecule has 0 aromatic heterocycles. The van der Waals surface area contributed by atoms with Gasteiger partial charge in [-0.15, -0.1) is 0 Å². The predicted octanol–water partition coefficient (Wildman–Crippen LogP) is -0.349. The van der Waals surface area contributed by atoms with E-state index in [-0.39, 0.29) is 31.8 Å². The summed E-state index contributed by atoms with van der Waals surface area (Å²) in [7, 11) is 0. The maximum absolute atomic E-state index is 12.1. The molecule has 0 bridgehead atoms. The lowest BCUT2D eigenvalue weighted by Crippen LogP contribution is -2.44. The van der Waals surface area contributed by atoms with Crippen LogP contribution in [0.25, 0.3) is 0 Å². The topological polar surface area (TPSA) is 111 Å². The molecule has 0 radical (unpaired) electrons. The number of amides is 2. The fourth-order valence-corrected chi connectivity index (χ4v) is 2.44. The molecule has 1 aromatic carbocycles. The summed E-state index contributed by atoms with van der Waals surface area (Å²) in [6, 6.07) is 8.10. The quantitative estimate of drug-likeness (QED) is 0.724. The summed E-state index contributed by atoms with van der Waals surface area (Å²) in [6.45, 7) is -0.156. The van der Waals surface area contributed by atoms with Crippen LogP contribution in [-0.4, -0.2) is 47.7 Å². The van der Waals surface area contributed by atoms with E-state index in [9.17, 15) is 19.2 Å². The number of hydrogen-bond donors (Lipinski definition) is 1. The van der Waals surface area contributed by atoms with E-state index in [0.29, 0.717) is 5.23 Å². The molecule has 2 aliphatic rings. The first-order chi connectivity index (χ1) is 12.0. The highest BCUT2D eigenvalue weighted by molar-refractivity contribution is 5.89. The van der Waals surface area contributed by atoms with Crippen molar-refractivity contribution in [2.24, 2.45) is 0 Å². The van der Waals surface area contributed by atoms with E-state index in [0.717, 1.165) is 5.56 Å². The van der Waals surface area contributed by atoms with Gasteiger partial charge in [0.05, 0.1) is 6.42 Å². The van der Waals surface area contributed by atoms with Crippen LogP contribution in [0.5, 0.6) is 0 Å². The van der Waals surface area contributed by atoms with Crippen LogP contribution in [0.1, 0.15) is 18.4 Å². The highest BCUT2D eigenvalue weighted by Crippen LogP contribution is 2.17. The molecule has 132 valence electrons. The summed E-state index contributed by atoms with van der Waals surface area (Å²) in [5.41, 5.74) is 0.803. The smallest absolute Gasteiger partial charge is 0.375 e. The monoisotopic (exact) mass is 348 g/mol. The molecule has 2 saturated heterocycles. The second kappa shape index (κ2) is 7.31. The van der Waals surface area contributed by atoms with E-state index < -0.39 is 30.0 Å². The van der Waals surface area contributed by atoms with Crippen LogP contribution in [0.2, 0.25) is 0 Å². The minimum atomic E-state index is -1.05. The van der Waals surface area contributed by atoms with E-state index in [1.807, 2.05) is 18.2 Å². The number of rotatable bonds is 5. The largest absolute Gasteiger partial charge is 0.450 e. The summed E-state index contributed by atoms with van der Waals surface area (Å²) in [5, 5.41) is 2.94. The van der Waals surface area contributed by atoms with Crippen molar-refractivity contribution in [3.05, 3.63) is 35.9 Å². The van der Waals surface area contributed by atoms with E-state index in [4.69, 9.17) is 14.4 Å². The molecular formula is C16H16N2O7. The van der Waals surface area contributed by atoms with E-state index in [2.05, 4.69) is 5.32 Å². The standard InChI is InChI=1S/C16H16N2O7/c19-13(8-10-4-2-1-3-5-10)17-11-9-23-18(15(11)21)25-16(22)12-6-7-14(20)24-12/h1-5,11-12H,6-9H2,(H,17,19)/t11-,12?/m1/s1. The Kier molecular flexibility index (Phi) is 4.94. The van der Waals surface area contributed by atoms with Gasteiger partial charge in [-0.2, -0.15) is 0 Å². The van der Waals surface area contributed by atoms with Crippen LogP contribution in [0, 0.1) is 0 Å². The van der Waals surface area contributed by atoms with Gasteiger partial charge in [-0.1, -0.05) is 30.3 Å². The molecule has 2 aliphatic heterocycles. The van der Waals surface area contributed by atoms with Gasteiger partial charge in [0.1, 0.15) is 12.6 Å². The fraction of sp³-hybridized carbons (Fsp3) is 0.375. The molecule has 2 heterocycles. The van der Waals surface area contributed by atoms with Crippen molar-refractivity contribution in [1.29, 1.82) is 0 Å². The number of hydroxylamine groups is 2. The van der Waals surface area contributed by atoms with Gasteiger partial charge in [0.2, 0.25) is 12.0 Å². The number of carbonyl (C=O) groups is 4. The van der Waals surface area contributed by atoms with Gasteiger partial charge >= 0.3 is 17.8 Å². The van der Waals surface area contributed by atoms with Crippen LogP contribution < -0.4 is 5.32 Å². The molecule has 1 N–H and O–H groups in total. The first-order valence-corrected chi connectivity index (χ1v) is 7.74. The highest BCUT2D eigenvalue weighted by Gasteiger charge is 2.40. The molecule has 2 amide bonds. The Balaban J connectivity index is 1.49. The third kappa shape index (κ3) is 4.13. The van der Waals surface area contributed by atoms with Crippen molar-refractivity contribution in [3.63, 3.8) is 0 Å². The number of nitrogens with zero attached hydrogens (tertiary/aromatic N) is 1. The Labute approximate surface area is 142 Å². The predicted molar refractivity (Wildman–Crippen MR) is 80.1 cm³/mol. The Morgan fingerprint density at radius 1 is 1.24 bits per heavy atom. The highest BCUT2D eigenvalue weighted by atomic mass is 17.0. The van der Waals surface area contributed by atoms with Crippen molar-refractivity contribution < 1.29 is 33.6 Å². The second-order valence-electron chi connectivity index (χ2n) is 5.60.